The molecule has 0 amide bonds. The van der Waals surface area contributed by atoms with Gasteiger partial charge in [-0.2, -0.15) is 0 Å². The third-order valence-corrected chi connectivity index (χ3v) is 0.948. The van der Waals surface area contributed by atoms with Gasteiger partial charge in [0.2, 0.25) is 0 Å². The van der Waals surface area contributed by atoms with E-state index >= 15 is 0 Å². The third-order valence-electron chi connectivity index (χ3n) is 0.948. The van der Waals surface area contributed by atoms with Crippen molar-refractivity contribution in [3.63, 3.8) is 0 Å². The number of carbonyl (C=O) groups excluding carboxylic acids is 1. The lowest BCUT2D eigenvalue weighted by Crippen LogP contribution is -1.97. The second-order valence-corrected chi connectivity index (χ2v) is 1.57. The molecule has 42 valence electrons. The van der Waals surface area contributed by atoms with Crippen molar-refractivity contribution < 1.29 is 9.18 Å². The first-order valence-corrected chi connectivity index (χ1v) is 2.36. The van der Waals surface area contributed by atoms with Crippen molar-refractivity contribution in [1.29, 1.82) is 0 Å². The molecule has 0 aliphatic heterocycles. The molecule has 0 saturated heterocycles. The molecule has 0 heterocycles. The summed E-state index contributed by atoms with van der Waals surface area (Å²) in [5.74, 6) is -1.06. The van der Waals surface area contributed by atoms with Gasteiger partial charge >= 0.3 is 0 Å². The average molecular weight is 112 g/mol. The summed E-state index contributed by atoms with van der Waals surface area (Å²) in [7, 11) is 0. The molecule has 2 heteroatoms. The van der Waals surface area contributed by atoms with E-state index in [1.165, 1.54) is 12.2 Å². The van der Waals surface area contributed by atoms with Gasteiger partial charge in [0.05, 0.1) is 0 Å². The van der Waals surface area contributed by atoms with Crippen LogP contribution in [0, 0.1) is 0 Å². The minimum atomic E-state index is -0.632. The van der Waals surface area contributed by atoms with Crippen LogP contribution in [0.25, 0.3) is 0 Å². The molecule has 0 aromatic rings. The molecule has 1 rings (SSSR count). The van der Waals surface area contributed by atoms with E-state index in [1.54, 1.807) is 6.08 Å². The van der Waals surface area contributed by atoms with Crippen LogP contribution < -0.4 is 0 Å². The SMILES string of the molecule is O=C1CC=CC=C1F. The van der Waals surface area contributed by atoms with Gasteiger partial charge < -0.3 is 0 Å². The molecule has 0 radical (unpaired) electrons. The van der Waals surface area contributed by atoms with E-state index in [9.17, 15) is 9.18 Å². The van der Waals surface area contributed by atoms with Crippen LogP contribution in [-0.2, 0) is 4.79 Å². The number of carbonyl (C=O) groups is 1. The lowest BCUT2D eigenvalue weighted by Gasteiger charge is -1.94. The zero-order valence-corrected chi connectivity index (χ0v) is 4.23. The Morgan fingerprint density at radius 1 is 1.62 bits per heavy atom. The Kier molecular flexibility index (Phi) is 1.24. The molecule has 0 unspecified atom stereocenters. The van der Waals surface area contributed by atoms with Gasteiger partial charge in [-0.3, -0.25) is 4.79 Å². The number of rotatable bonds is 0. The van der Waals surface area contributed by atoms with Crippen LogP contribution in [0.1, 0.15) is 6.42 Å². The molecule has 0 bridgehead atoms. The molecule has 0 N–H and O–H groups in total. The van der Waals surface area contributed by atoms with E-state index in [2.05, 4.69) is 0 Å². The van der Waals surface area contributed by atoms with Crippen LogP contribution in [0.2, 0.25) is 0 Å². The lowest BCUT2D eigenvalue weighted by molar-refractivity contribution is -0.116. The predicted molar refractivity (Wildman–Crippen MR) is 28.0 cm³/mol. The van der Waals surface area contributed by atoms with E-state index in [1.807, 2.05) is 0 Å². The van der Waals surface area contributed by atoms with Crippen molar-refractivity contribution in [2.24, 2.45) is 0 Å². The predicted octanol–water partition coefficient (Wildman–Crippen LogP) is 1.37. The van der Waals surface area contributed by atoms with E-state index in [0.717, 1.165) is 0 Å². The standard InChI is InChI=1S/C6H5FO/c7-5-3-1-2-4-6(5)8/h1-3H,4H2. The summed E-state index contributed by atoms with van der Waals surface area (Å²) in [5.41, 5.74) is 0. The third kappa shape index (κ3) is 0.832. The molecule has 1 aliphatic rings. The highest BCUT2D eigenvalue weighted by Crippen LogP contribution is 2.07. The molecule has 8 heavy (non-hydrogen) atoms. The maximum absolute atomic E-state index is 12.0. The van der Waals surface area contributed by atoms with Gasteiger partial charge in [-0.1, -0.05) is 12.2 Å². The highest BCUT2D eigenvalue weighted by Gasteiger charge is 2.07. The number of hydrogen-bond donors (Lipinski definition) is 0. The summed E-state index contributed by atoms with van der Waals surface area (Å²) in [6.45, 7) is 0. The summed E-state index contributed by atoms with van der Waals surface area (Å²) in [5, 5.41) is 0. The van der Waals surface area contributed by atoms with Gasteiger partial charge in [0.1, 0.15) is 0 Å². The smallest absolute Gasteiger partial charge is 0.194 e. The Bertz CT molecular complexity index is 167. The second-order valence-electron chi connectivity index (χ2n) is 1.57. The van der Waals surface area contributed by atoms with Gasteiger partial charge in [-0.25, -0.2) is 4.39 Å². The molecule has 0 aromatic carbocycles. The molecule has 1 aliphatic carbocycles. The van der Waals surface area contributed by atoms with Gasteiger partial charge in [-0.15, -0.1) is 0 Å². The minimum Gasteiger partial charge on any atom is -0.291 e. The van der Waals surface area contributed by atoms with Crippen molar-refractivity contribution in [3.8, 4) is 0 Å². The Morgan fingerprint density at radius 2 is 2.38 bits per heavy atom. The maximum atomic E-state index is 12.0. The second kappa shape index (κ2) is 1.90. The largest absolute Gasteiger partial charge is 0.291 e. The Balaban J connectivity index is 2.80. The number of ketones is 1. The molecular weight excluding hydrogens is 107 g/mol. The monoisotopic (exact) mass is 112 g/mol. The van der Waals surface area contributed by atoms with Crippen molar-refractivity contribution >= 4 is 5.78 Å². The van der Waals surface area contributed by atoms with Gasteiger partial charge in [0, 0.05) is 6.42 Å². The van der Waals surface area contributed by atoms with Crippen molar-refractivity contribution in [2.75, 3.05) is 0 Å². The quantitative estimate of drug-likeness (QED) is 0.462. The summed E-state index contributed by atoms with van der Waals surface area (Å²) in [6, 6.07) is 0. The molecule has 0 aromatic heterocycles. The van der Waals surface area contributed by atoms with E-state index in [4.69, 9.17) is 0 Å². The first-order chi connectivity index (χ1) is 3.80. The fourth-order valence-corrected chi connectivity index (χ4v) is 0.518. The Morgan fingerprint density at radius 3 is 2.75 bits per heavy atom. The van der Waals surface area contributed by atoms with E-state index in [0.29, 0.717) is 0 Å². The number of allylic oxidation sites excluding steroid dienone is 4. The zero-order valence-electron chi connectivity index (χ0n) is 4.23. The van der Waals surface area contributed by atoms with Gasteiger partial charge in [-0.05, 0) is 6.08 Å². The average Bonchev–Trinajstić information content (AvgIpc) is 1.77. The first-order valence-electron chi connectivity index (χ1n) is 2.36. The van der Waals surface area contributed by atoms with Crippen LogP contribution in [0.4, 0.5) is 4.39 Å². The summed E-state index contributed by atoms with van der Waals surface area (Å²) >= 11 is 0. The summed E-state index contributed by atoms with van der Waals surface area (Å²) in [4.78, 5) is 10.3. The van der Waals surface area contributed by atoms with Crippen molar-refractivity contribution in [3.05, 3.63) is 24.1 Å². The number of halogens is 1. The van der Waals surface area contributed by atoms with E-state index in [-0.39, 0.29) is 6.42 Å². The minimum absolute atomic E-state index is 0.211. The lowest BCUT2D eigenvalue weighted by atomic mass is 10.1. The van der Waals surface area contributed by atoms with E-state index < -0.39 is 11.6 Å². The molecule has 1 nitrogen and oxygen atoms in total. The summed E-state index contributed by atoms with van der Waals surface area (Å²) in [6.07, 6.45) is 4.55. The zero-order chi connectivity index (χ0) is 5.98. The Labute approximate surface area is 46.5 Å². The van der Waals surface area contributed by atoms with Crippen molar-refractivity contribution in [2.45, 2.75) is 6.42 Å². The van der Waals surface area contributed by atoms with Crippen molar-refractivity contribution in [1.82, 2.24) is 0 Å². The number of hydrogen-bond acceptors (Lipinski definition) is 1. The van der Waals surface area contributed by atoms with Gasteiger partial charge in [0.25, 0.3) is 0 Å². The fourth-order valence-electron chi connectivity index (χ4n) is 0.518. The van der Waals surface area contributed by atoms with Crippen LogP contribution in [0.15, 0.2) is 24.1 Å². The van der Waals surface area contributed by atoms with Crippen LogP contribution in [0.3, 0.4) is 0 Å². The maximum Gasteiger partial charge on any atom is 0.194 e. The highest BCUT2D eigenvalue weighted by molar-refractivity contribution is 5.95. The molecule has 0 spiro atoms. The summed E-state index contributed by atoms with van der Waals surface area (Å²) < 4.78 is 12.0. The molecule has 0 saturated carbocycles. The number of Topliss-reactive ketones (excluding diaryl/α,β-unsaturated/α-hetero) is 1. The molecular formula is C6H5FO. The molecule has 0 fully saturated rings. The molecule has 0 atom stereocenters. The van der Waals surface area contributed by atoms with Crippen LogP contribution in [-0.4, -0.2) is 5.78 Å². The highest BCUT2D eigenvalue weighted by atomic mass is 19.1. The Hall–Kier alpha value is -0.920. The fraction of sp³-hybridized carbons (Fsp3) is 0.167. The topological polar surface area (TPSA) is 17.1 Å². The van der Waals surface area contributed by atoms with Gasteiger partial charge in [0.15, 0.2) is 11.6 Å². The van der Waals surface area contributed by atoms with Crippen LogP contribution in [0.5, 0.6) is 0 Å². The van der Waals surface area contributed by atoms with Crippen LogP contribution >= 0.6 is 0 Å². The first kappa shape index (κ1) is 5.22. The normalized spacial score (nSPS) is 18.6.